The predicted molar refractivity (Wildman–Crippen MR) is 73.9 cm³/mol. The molecule has 2 rings (SSSR count). The van der Waals surface area contributed by atoms with E-state index in [2.05, 4.69) is 18.0 Å². The Morgan fingerprint density at radius 1 is 1.44 bits per heavy atom. The van der Waals surface area contributed by atoms with Gasteiger partial charge in [0.1, 0.15) is 0 Å². The topological polar surface area (TPSA) is 32.7 Å². The molecule has 1 saturated heterocycles. The lowest BCUT2D eigenvalue weighted by Gasteiger charge is -2.30. The van der Waals surface area contributed by atoms with E-state index < -0.39 is 6.10 Å². The molecule has 1 aromatic rings. The fourth-order valence-electron chi connectivity index (χ4n) is 2.63. The molecular weight excluding hydrogens is 226 g/mol. The Hall–Kier alpha value is -1.06. The van der Waals surface area contributed by atoms with Crippen LogP contribution < -0.4 is 4.90 Å². The van der Waals surface area contributed by atoms with Crippen LogP contribution in [-0.4, -0.2) is 31.9 Å². The first-order chi connectivity index (χ1) is 8.68. The molecule has 0 bridgehead atoms. The molecule has 1 N–H and O–H groups in total. The Morgan fingerprint density at radius 2 is 2.22 bits per heavy atom. The maximum absolute atomic E-state index is 9.81. The number of benzene rings is 1. The molecule has 0 amide bonds. The zero-order chi connectivity index (χ0) is 13.0. The lowest BCUT2D eigenvalue weighted by atomic mass is 10.0. The molecule has 3 nitrogen and oxygen atoms in total. The average Bonchev–Trinajstić information content (AvgIpc) is 2.40. The summed E-state index contributed by atoms with van der Waals surface area (Å²) in [6, 6.07) is 8.07. The third-order valence-corrected chi connectivity index (χ3v) is 3.58. The van der Waals surface area contributed by atoms with Crippen LogP contribution >= 0.6 is 0 Å². The average molecular weight is 249 g/mol. The van der Waals surface area contributed by atoms with Crippen molar-refractivity contribution in [2.24, 2.45) is 5.92 Å². The summed E-state index contributed by atoms with van der Waals surface area (Å²) in [6.45, 7) is 4.58. The van der Waals surface area contributed by atoms with E-state index in [1.165, 1.54) is 6.42 Å². The van der Waals surface area contributed by atoms with Crippen LogP contribution in [0.25, 0.3) is 0 Å². The van der Waals surface area contributed by atoms with Crippen molar-refractivity contribution in [3.05, 3.63) is 29.8 Å². The highest BCUT2D eigenvalue weighted by atomic mass is 16.5. The first-order valence-corrected chi connectivity index (χ1v) is 6.74. The first-order valence-electron chi connectivity index (χ1n) is 6.74. The van der Waals surface area contributed by atoms with Crippen molar-refractivity contribution in [2.75, 3.05) is 31.7 Å². The van der Waals surface area contributed by atoms with Gasteiger partial charge in [-0.15, -0.1) is 0 Å². The Morgan fingerprint density at radius 3 is 2.89 bits per heavy atom. The van der Waals surface area contributed by atoms with Crippen LogP contribution in [0.15, 0.2) is 24.3 Å². The summed E-state index contributed by atoms with van der Waals surface area (Å²) in [7, 11) is 2.09. The molecule has 1 unspecified atom stereocenters. The fraction of sp³-hybridized carbons (Fsp3) is 0.600. The molecule has 2 atom stereocenters. The molecule has 100 valence electrons. The Labute approximate surface area is 109 Å². The van der Waals surface area contributed by atoms with Crippen LogP contribution in [0.4, 0.5) is 5.69 Å². The molecule has 1 aliphatic rings. The van der Waals surface area contributed by atoms with Crippen molar-refractivity contribution in [1.29, 1.82) is 0 Å². The predicted octanol–water partition coefficient (Wildman–Crippen LogP) is 2.60. The molecule has 0 aromatic heterocycles. The minimum Gasteiger partial charge on any atom is -0.389 e. The van der Waals surface area contributed by atoms with Crippen molar-refractivity contribution < 1.29 is 9.84 Å². The summed E-state index contributed by atoms with van der Waals surface area (Å²) < 4.78 is 5.52. The van der Waals surface area contributed by atoms with Crippen LogP contribution in [0.2, 0.25) is 0 Å². The Balaban J connectivity index is 2.05. The van der Waals surface area contributed by atoms with Crippen LogP contribution in [0.5, 0.6) is 0 Å². The number of hydrogen-bond acceptors (Lipinski definition) is 3. The van der Waals surface area contributed by atoms with Gasteiger partial charge in [0.2, 0.25) is 0 Å². The van der Waals surface area contributed by atoms with Crippen molar-refractivity contribution in [3.63, 3.8) is 0 Å². The molecule has 1 aromatic carbocycles. The zero-order valence-electron chi connectivity index (χ0n) is 11.3. The second kappa shape index (κ2) is 6.21. The molecule has 3 heteroatoms. The number of aliphatic hydroxyl groups excluding tert-OH is 1. The van der Waals surface area contributed by atoms with Gasteiger partial charge in [0, 0.05) is 31.5 Å². The third kappa shape index (κ3) is 3.24. The number of aliphatic hydroxyl groups is 1. The summed E-state index contributed by atoms with van der Waals surface area (Å²) >= 11 is 0. The van der Waals surface area contributed by atoms with Gasteiger partial charge < -0.3 is 14.7 Å². The Kier molecular flexibility index (Phi) is 4.61. The summed E-state index contributed by atoms with van der Waals surface area (Å²) in [5.74, 6) is 0.603. The van der Waals surface area contributed by atoms with Gasteiger partial charge in [-0.2, -0.15) is 0 Å². The van der Waals surface area contributed by atoms with Crippen LogP contribution in [0, 0.1) is 5.92 Å². The largest absolute Gasteiger partial charge is 0.389 e. The lowest BCUT2D eigenvalue weighted by molar-refractivity contribution is 0.0576. The number of ether oxygens (including phenoxy) is 1. The molecule has 0 saturated carbocycles. The normalized spacial score (nSPS) is 21.6. The van der Waals surface area contributed by atoms with E-state index in [1.807, 2.05) is 25.1 Å². The van der Waals surface area contributed by atoms with Gasteiger partial charge in [0.05, 0.1) is 12.7 Å². The standard InChI is InChI=1S/C15H23NO2/c1-12(17)14-7-3-4-8-15(14)16(2)10-13-6-5-9-18-11-13/h3-4,7-8,12-13,17H,5-6,9-11H2,1-2H3/t12-,13?/m1/s1. The quantitative estimate of drug-likeness (QED) is 0.890. The molecule has 0 spiro atoms. The van der Waals surface area contributed by atoms with E-state index >= 15 is 0 Å². The smallest absolute Gasteiger partial charge is 0.0781 e. The SMILES string of the molecule is C[C@@H](O)c1ccccc1N(C)CC1CCCOC1. The molecule has 1 aliphatic heterocycles. The number of anilines is 1. The van der Waals surface area contributed by atoms with E-state index in [1.54, 1.807) is 0 Å². The summed E-state index contributed by atoms with van der Waals surface area (Å²) in [5.41, 5.74) is 2.12. The Bertz CT molecular complexity index is 373. The number of hydrogen-bond donors (Lipinski definition) is 1. The van der Waals surface area contributed by atoms with E-state index in [-0.39, 0.29) is 0 Å². The minimum atomic E-state index is -0.425. The van der Waals surface area contributed by atoms with E-state index in [0.717, 1.165) is 37.4 Å². The van der Waals surface area contributed by atoms with Crippen molar-refractivity contribution in [1.82, 2.24) is 0 Å². The van der Waals surface area contributed by atoms with Gasteiger partial charge >= 0.3 is 0 Å². The number of nitrogens with zero attached hydrogens (tertiary/aromatic N) is 1. The number of rotatable bonds is 4. The summed E-state index contributed by atoms with van der Waals surface area (Å²) in [5, 5.41) is 9.81. The van der Waals surface area contributed by atoms with Gasteiger partial charge in [-0.1, -0.05) is 18.2 Å². The van der Waals surface area contributed by atoms with Gasteiger partial charge in [0.15, 0.2) is 0 Å². The van der Waals surface area contributed by atoms with Crippen molar-refractivity contribution in [3.8, 4) is 0 Å². The first kappa shape index (κ1) is 13.4. The summed E-state index contributed by atoms with van der Waals surface area (Å²) in [6.07, 6.45) is 1.98. The van der Waals surface area contributed by atoms with Gasteiger partial charge in [0.25, 0.3) is 0 Å². The van der Waals surface area contributed by atoms with Crippen LogP contribution in [0.1, 0.15) is 31.4 Å². The summed E-state index contributed by atoms with van der Waals surface area (Å²) in [4.78, 5) is 2.24. The fourth-order valence-corrected chi connectivity index (χ4v) is 2.63. The van der Waals surface area contributed by atoms with Gasteiger partial charge in [-0.3, -0.25) is 0 Å². The monoisotopic (exact) mass is 249 g/mol. The molecule has 18 heavy (non-hydrogen) atoms. The van der Waals surface area contributed by atoms with Crippen molar-refractivity contribution >= 4 is 5.69 Å². The number of para-hydroxylation sites is 1. The zero-order valence-corrected chi connectivity index (χ0v) is 11.3. The van der Waals surface area contributed by atoms with E-state index in [9.17, 15) is 5.11 Å². The third-order valence-electron chi connectivity index (χ3n) is 3.58. The van der Waals surface area contributed by atoms with E-state index in [0.29, 0.717) is 5.92 Å². The molecule has 1 fully saturated rings. The second-order valence-electron chi connectivity index (χ2n) is 5.20. The van der Waals surface area contributed by atoms with E-state index in [4.69, 9.17) is 4.74 Å². The molecule has 1 heterocycles. The highest BCUT2D eigenvalue weighted by Crippen LogP contribution is 2.26. The van der Waals surface area contributed by atoms with Crippen LogP contribution in [0.3, 0.4) is 0 Å². The lowest BCUT2D eigenvalue weighted by Crippen LogP contribution is -2.31. The second-order valence-corrected chi connectivity index (χ2v) is 5.20. The minimum absolute atomic E-state index is 0.425. The molecule has 0 radical (unpaired) electrons. The van der Waals surface area contributed by atoms with Gasteiger partial charge in [-0.05, 0) is 31.7 Å². The van der Waals surface area contributed by atoms with Crippen molar-refractivity contribution in [2.45, 2.75) is 25.9 Å². The molecular formula is C15H23NO2. The molecule has 0 aliphatic carbocycles. The van der Waals surface area contributed by atoms with Crippen LogP contribution in [-0.2, 0) is 4.74 Å². The highest BCUT2D eigenvalue weighted by molar-refractivity contribution is 5.53. The maximum Gasteiger partial charge on any atom is 0.0781 e. The van der Waals surface area contributed by atoms with Gasteiger partial charge in [-0.25, -0.2) is 0 Å². The highest BCUT2D eigenvalue weighted by Gasteiger charge is 2.18. The maximum atomic E-state index is 9.81.